The van der Waals surface area contributed by atoms with Crippen molar-refractivity contribution in [2.45, 2.75) is 19.0 Å². The smallest absolute Gasteiger partial charge is 0.325 e. The lowest BCUT2D eigenvalue weighted by molar-refractivity contribution is -0.147. The van der Waals surface area contributed by atoms with Gasteiger partial charge in [-0.3, -0.25) is 4.79 Å². The molecule has 0 saturated carbocycles. The molecule has 2 unspecified atom stereocenters. The fraction of sp³-hybridized carbons (Fsp3) is 0.364. The van der Waals surface area contributed by atoms with E-state index >= 15 is 0 Å². The second-order valence-electron chi connectivity index (χ2n) is 3.33. The number of ether oxygens (including phenoxy) is 1. The molecule has 2 atom stereocenters. The number of phenols is 2. The van der Waals surface area contributed by atoms with Gasteiger partial charge in [-0.05, 0) is 24.6 Å². The lowest BCUT2D eigenvalue weighted by Crippen LogP contribution is -2.38. The third-order valence-corrected chi connectivity index (χ3v) is 2.12. The summed E-state index contributed by atoms with van der Waals surface area (Å²) in [6.07, 6.45) is -1.69. The first-order valence-electron chi connectivity index (χ1n) is 5.46. The van der Waals surface area contributed by atoms with Gasteiger partial charge in [-0.2, -0.15) is 0 Å². The summed E-state index contributed by atoms with van der Waals surface area (Å²) in [6, 6.07) is 0.999. The number of rotatable bonds is 4. The molecule has 6 heteroatoms. The number of phenolic OH excluding ortho intramolecular Hbond substituents is 2. The number of aliphatic hydroxyl groups is 1. The van der Waals surface area contributed by atoms with E-state index in [1.807, 2.05) is 0 Å². The third-order valence-electron chi connectivity index (χ3n) is 2.12. The molecular formula is C11H15NO5. The molecule has 1 aromatic rings. The molecule has 0 radical (unpaired) electrons. The molecule has 0 fully saturated rings. The summed E-state index contributed by atoms with van der Waals surface area (Å²) in [5.74, 6) is -1.94. The van der Waals surface area contributed by atoms with Crippen molar-refractivity contribution < 1.29 is 26.2 Å². The average Bonchev–Trinajstić information content (AvgIpc) is 2.32. The van der Waals surface area contributed by atoms with Gasteiger partial charge in [-0.25, -0.2) is 0 Å². The van der Waals surface area contributed by atoms with Crippen LogP contribution >= 0.6 is 0 Å². The van der Waals surface area contributed by atoms with Crippen LogP contribution in [0, 0.1) is 0 Å². The van der Waals surface area contributed by atoms with E-state index in [0.717, 1.165) is 12.1 Å². The van der Waals surface area contributed by atoms with Gasteiger partial charge in [0.2, 0.25) is 0 Å². The maximum Gasteiger partial charge on any atom is 0.325 e. The van der Waals surface area contributed by atoms with Crippen LogP contribution in [0.3, 0.4) is 0 Å². The first-order chi connectivity index (χ1) is 8.30. The van der Waals surface area contributed by atoms with Crippen molar-refractivity contribution >= 4 is 5.97 Å². The Bertz CT molecular complexity index is 449. The van der Waals surface area contributed by atoms with Crippen LogP contribution in [0.25, 0.3) is 0 Å². The first kappa shape index (κ1) is 11.7. The third kappa shape index (κ3) is 3.08. The molecule has 0 heterocycles. The molecule has 17 heavy (non-hydrogen) atoms. The van der Waals surface area contributed by atoms with E-state index in [4.69, 9.17) is 12.2 Å². The van der Waals surface area contributed by atoms with Crippen LogP contribution in [0.1, 0.15) is 20.0 Å². The van der Waals surface area contributed by atoms with Gasteiger partial charge in [0.25, 0.3) is 0 Å². The van der Waals surface area contributed by atoms with Crippen molar-refractivity contribution in [2.24, 2.45) is 5.73 Å². The van der Waals surface area contributed by atoms with E-state index in [2.05, 4.69) is 4.74 Å². The zero-order valence-corrected chi connectivity index (χ0v) is 9.25. The molecule has 0 saturated heterocycles. The number of hydrogen-bond donors (Lipinski definition) is 4. The number of aliphatic hydroxyl groups excluding tert-OH is 1. The summed E-state index contributed by atoms with van der Waals surface area (Å²) in [7, 11) is 0. The van der Waals surface area contributed by atoms with Crippen molar-refractivity contribution in [1.29, 1.82) is 0 Å². The molecule has 94 valence electrons. The van der Waals surface area contributed by atoms with Crippen molar-refractivity contribution in [3.63, 3.8) is 0 Å². The molecular weight excluding hydrogens is 226 g/mol. The highest BCUT2D eigenvalue weighted by Gasteiger charge is 2.25. The van der Waals surface area contributed by atoms with E-state index in [9.17, 15) is 15.0 Å². The fourth-order valence-corrected chi connectivity index (χ4v) is 1.22. The van der Waals surface area contributed by atoms with Gasteiger partial charge in [0, 0.05) is 0 Å². The van der Waals surface area contributed by atoms with Gasteiger partial charge >= 0.3 is 5.97 Å². The minimum absolute atomic E-state index is 0.0239. The number of aromatic hydroxyl groups is 2. The molecule has 0 aliphatic heterocycles. The van der Waals surface area contributed by atoms with Crippen LogP contribution in [0.4, 0.5) is 0 Å². The van der Waals surface area contributed by atoms with Crippen molar-refractivity contribution in [2.75, 3.05) is 6.61 Å². The highest BCUT2D eigenvalue weighted by atomic mass is 16.5. The molecule has 0 amide bonds. The average molecular weight is 242 g/mol. The molecule has 0 spiro atoms. The second-order valence-corrected chi connectivity index (χ2v) is 3.33. The van der Waals surface area contributed by atoms with Gasteiger partial charge in [0.1, 0.15) is 12.1 Å². The normalized spacial score (nSPS) is 16.8. The summed E-state index contributed by atoms with van der Waals surface area (Å²) >= 11 is 0. The fourth-order valence-electron chi connectivity index (χ4n) is 1.22. The van der Waals surface area contributed by atoms with Crippen molar-refractivity contribution in [3.8, 4) is 11.5 Å². The minimum Gasteiger partial charge on any atom is -0.504 e. The number of carbonyl (C=O) groups excluding carboxylic acids is 1. The summed E-state index contributed by atoms with van der Waals surface area (Å²) in [5.41, 5.74) is 5.43. The highest BCUT2D eigenvalue weighted by Crippen LogP contribution is 2.28. The van der Waals surface area contributed by atoms with Crippen LogP contribution in [0.15, 0.2) is 18.2 Å². The summed E-state index contributed by atoms with van der Waals surface area (Å²) in [4.78, 5) is 11.4. The Balaban J connectivity index is 3.01. The van der Waals surface area contributed by atoms with Gasteiger partial charge in [0.05, 0.1) is 7.98 Å². The van der Waals surface area contributed by atoms with E-state index in [-0.39, 0.29) is 17.9 Å². The maximum atomic E-state index is 11.4. The second kappa shape index (κ2) is 5.51. The standard InChI is InChI=1S/C11H15NO5/c1-2-17-11(16)9(12)10(15)6-3-4-7(13)8(14)5-6/h3-5,9-10,13-15H,2,12H2,1H3/i9D. The maximum absolute atomic E-state index is 11.4. The van der Waals surface area contributed by atoms with Crippen LogP contribution in [-0.2, 0) is 9.53 Å². The zero-order valence-electron chi connectivity index (χ0n) is 10.3. The van der Waals surface area contributed by atoms with E-state index in [0.29, 0.717) is 0 Å². The Hall–Kier alpha value is -1.79. The zero-order chi connectivity index (χ0) is 13.9. The van der Waals surface area contributed by atoms with Crippen molar-refractivity contribution in [1.82, 2.24) is 0 Å². The Morgan fingerprint density at radius 3 is 2.71 bits per heavy atom. The Morgan fingerprint density at radius 1 is 1.53 bits per heavy atom. The van der Waals surface area contributed by atoms with E-state index < -0.39 is 23.8 Å². The van der Waals surface area contributed by atoms with Crippen LogP contribution in [0.5, 0.6) is 11.5 Å². The van der Waals surface area contributed by atoms with Crippen LogP contribution in [-0.4, -0.2) is 33.9 Å². The predicted octanol–water partition coefficient (Wildman–Crippen LogP) is 0.0216. The topological polar surface area (TPSA) is 113 Å². The lowest BCUT2D eigenvalue weighted by atomic mass is 10.0. The summed E-state index contributed by atoms with van der Waals surface area (Å²) in [5, 5.41) is 28.3. The molecule has 0 bridgehead atoms. The predicted molar refractivity (Wildman–Crippen MR) is 59.3 cm³/mol. The SMILES string of the molecule is [2H]C(N)(C(=O)OCC)C(O)c1ccc(O)c(O)c1. The van der Waals surface area contributed by atoms with Crippen molar-refractivity contribution in [3.05, 3.63) is 23.8 Å². The number of esters is 1. The number of hydrogen-bond acceptors (Lipinski definition) is 6. The quantitative estimate of drug-likeness (QED) is 0.437. The van der Waals surface area contributed by atoms with E-state index in [1.165, 1.54) is 6.07 Å². The lowest BCUT2D eigenvalue weighted by Gasteiger charge is -2.17. The Kier molecular flexibility index (Phi) is 3.79. The molecule has 5 N–H and O–H groups in total. The van der Waals surface area contributed by atoms with Gasteiger partial charge in [-0.1, -0.05) is 6.07 Å². The molecule has 6 nitrogen and oxygen atoms in total. The van der Waals surface area contributed by atoms with Crippen LogP contribution < -0.4 is 5.73 Å². The largest absolute Gasteiger partial charge is 0.504 e. The Morgan fingerprint density at radius 2 is 2.18 bits per heavy atom. The molecule has 0 aliphatic rings. The first-order valence-corrected chi connectivity index (χ1v) is 4.96. The number of benzene rings is 1. The van der Waals surface area contributed by atoms with Gasteiger partial charge in [-0.15, -0.1) is 0 Å². The molecule has 0 aromatic heterocycles. The molecule has 1 rings (SSSR count). The summed E-state index contributed by atoms with van der Waals surface area (Å²) in [6.45, 7) is 1.58. The van der Waals surface area contributed by atoms with E-state index in [1.54, 1.807) is 6.92 Å². The number of carbonyl (C=O) groups is 1. The monoisotopic (exact) mass is 242 g/mol. The van der Waals surface area contributed by atoms with Gasteiger partial charge in [0.15, 0.2) is 11.5 Å². The minimum atomic E-state index is -2.39. The number of nitrogens with two attached hydrogens (primary N) is 1. The highest BCUT2D eigenvalue weighted by molar-refractivity contribution is 5.76. The van der Waals surface area contributed by atoms with Crippen LogP contribution in [0.2, 0.25) is 0 Å². The molecule has 0 aliphatic carbocycles. The Labute approximate surface area is 99.7 Å². The molecule has 1 aromatic carbocycles. The summed E-state index contributed by atoms with van der Waals surface area (Å²) < 4.78 is 12.2. The van der Waals surface area contributed by atoms with Gasteiger partial charge < -0.3 is 25.8 Å².